The fraction of sp³-hybridized carbons (Fsp3) is 0.395. The van der Waals surface area contributed by atoms with Crippen LogP contribution in [0.15, 0.2) is 101 Å². The topological polar surface area (TPSA) is 97.0 Å². The molecule has 1 fully saturated rings. The van der Waals surface area contributed by atoms with E-state index in [1.807, 2.05) is 0 Å². The van der Waals surface area contributed by atoms with Crippen molar-refractivity contribution in [2.75, 3.05) is 45.9 Å². The third-order valence-electron chi connectivity index (χ3n) is 9.43. The molecule has 1 amide bonds. The molecule has 2 atom stereocenters. The second kappa shape index (κ2) is 15.5. The summed E-state index contributed by atoms with van der Waals surface area (Å²) < 4.78 is 19.6. The van der Waals surface area contributed by atoms with Gasteiger partial charge in [-0.15, -0.1) is 0 Å². The number of halogens is 1. The Kier molecular flexibility index (Phi) is 11.3. The monoisotopic (exact) mass is 624 g/mol. The molecular weight excluding hydrogens is 579 g/mol. The van der Waals surface area contributed by atoms with E-state index in [1.54, 1.807) is 19.1 Å². The predicted molar refractivity (Wildman–Crippen MR) is 180 cm³/mol. The van der Waals surface area contributed by atoms with E-state index in [-0.39, 0.29) is 29.5 Å². The van der Waals surface area contributed by atoms with Gasteiger partial charge in [-0.2, -0.15) is 0 Å². The van der Waals surface area contributed by atoms with Crippen molar-refractivity contribution in [1.82, 2.24) is 10.2 Å². The van der Waals surface area contributed by atoms with Gasteiger partial charge in [0.15, 0.2) is 0 Å². The lowest BCUT2D eigenvalue weighted by molar-refractivity contribution is -0.119. The average Bonchev–Trinajstić information content (AvgIpc) is 3.07. The molecule has 2 heterocycles. The standard InChI is InChI=1S/C38H45FN4O3/c1-27-34(28(2)44)35(29-14-16-32(39)17-15-29)36(33(42-27)26-46-25-20-40)37(45)41-21-9-22-43-23-18-38(19-24-43,30-10-5-3-6-11-30)31-12-7-4-8-13-31/h3-8,10-17,34-35H,9,18-26,40H2,1-2H3,(H,41,45). The van der Waals surface area contributed by atoms with Crippen LogP contribution in [0.25, 0.3) is 0 Å². The summed E-state index contributed by atoms with van der Waals surface area (Å²) in [4.78, 5) is 34.0. The first-order valence-corrected chi connectivity index (χ1v) is 16.3. The number of carbonyl (C=O) groups is 2. The second-order valence-electron chi connectivity index (χ2n) is 12.3. The summed E-state index contributed by atoms with van der Waals surface area (Å²) in [6, 6.07) is 27.6. The molecule has 3 aromatic rings. The molecule has 0 aliphatic carbocycles. The maximum atomic E-state index is 13.9. The van der Waals surface area contributed by atoms with E-state index in [1.165, 1.54) is 30.2 Å². The van der Waals surface area contributed by atoms with Gasteiger partial charge in [0.25, 0.3) is 0 Å². The van der Waals surface area contributed by atoms with Gasteiger partial charge in [-0.05, 0) is 81.6 Å². The third kappa shape index (κ3) is 7.52. The number of carbonyl (C=O) groups excluding carboxylic acids is 2. The van der Waals surface area contributed by atoms with Crippen molar-refractivity contribution in [3.63, 3.8) is 0 Å². The molecule has 3 aromatic carbocycles. The van der Waals surface area contributed by atoms with E-state index >= 15 is 0 Å². The predicted octanol–water partition coefficient (Wildman–Crippen LogP) is 5.41. The number of nitrogens with zero attached hydrogens (tertiary/aromatic N) is 2. The summed E-state index contributed by atoms with van der Waals surface area (Å²) in [5.41, 5.74) is 10.5. The first-order valence-electron chi connectivity index (χ1n) is 16.3. The minimum atomic E-state index is -0.632. The number of likely N-dealkylation sites (tertiary alicyclic amines) is 1. The van der Waals surface area contributed by atoms with Crippen molar-refractivity contribution in [3.8, 4) is 0 Å². The summed E-state index contributed by atoms with van der Waals surface area (Å²) in [6.45, 7) is 7.32. The largest absolute Gasteiger partial charge is 0.374 e. The molecule has 0 aromatic heterocycles. The van der Waals surface area contributed by atoms with Crippen LogP contribution >= 0.6 is 0 Å². The quantitative estimate of drug-likeness (QED) is 0.248. The number of piperidine rings is 1. The molecule has 2 aliphatic heterocycles. The van der Waals surface area contributed by atoms with Gasteiger partial charge < -0.3 is 20.7 Å². The average molecular weight is 625 g/mol. The van der Waals surface area contributed by atoms with Crippen LogP contribution in [0, 0.1) is 11.7 Å². The number of ketones is 1. The highest BCUT2D eigenvalue weighted by Gasteiger charge is 2.40. The van der Waals surface area contributed by atoms with Crippen molar-refractivity contribution < 1.29 is 18.7 Å². The van der Waals surface area contributed by atoms with Crippen molar-refractivity contribution in [2.24, 2.45) is 16.6 Å². The minimum Gasteiger partial charge on any atom is -0.374 e. The van der Waals surface area contributed by atoms with E-state index in [0.717, 1.165) is 38.9 Å². The van der Waals surface area contributed by atoms with Crippen molar-refractivity contribution >= 4 is 17.4 Å². The summed E-state index contributed by atoms with van der Waals surface area (Å²) in [5.74, 6) is -2.00. The summed E-state index contributed by atoms with van der Waals surface area (Å²) >= 11 is 0. The number of hydrogen-bond donors (Lipinski definition) is 2. The Morgan fingerprint density at radius 2 is 1.59 bits per heavy atom. The third-order valence-corrected chi connectivity index (χ3v) is 9.43. The molecule has 0 spiro atoms. The van der Waals surface area contributed by atoms with Gasteiger partial charge in [0.1, 0.15) is 11.6 Å². The molecule has 46 heavy (non-hydrogen) atoms. The van der Waals surface area contributed by atoms with Gasteiger partial charge in [-0.1, -0.05) is 72.8 Å². The van der Waals surface area contributed by atoms with Crippen molar-refractivity contribution in [2.45, 2.75) is 44.4 Å². The van der Waals surface area contributed by atoms with E-state index in [0.29, 0.717) is 42.2 Å². The summed E-state index contributed by atoms with van der Waals surface area (Å²) in [7, 11) is 0. The molecule has 8 heteroatoms. The first kappa shape index (κ1) is 33.4. The molecule has 2 unspecified atom stereocenters. The molecule has 2 aliphatic rings. The van der Waals surface area contributed by atoms with E-state index in [9.17, 15) is 14.0 Å². The van der Waals surface area contributed by atoms with E-state index in [4.69, 9.17) is 10.5 Å². The van der Waals surface area contributed by atoms with Crippen molar-refractivity contribution in [3.05, 3.63) is 119 Å². The first-order chi connectivity index (χ1) is 22.3. The normalized spacial score (nSPS) is 19.9. The Bertz CT molecular complexity index is 1490. The highest BCUT2D eigenvalue weighted by Crippen LogP contribution is 2.42. The number of Topliss-reactive ketones (excluding diaryl/α,β-unsaturated/α-hetero) is 1. The fourth-order valence-corrected chi connectivity index (χ4v) is 7.14. The molecule has 0 saturated carbocycles. The second-order valence-corrected chi connectivity index (χ2v) is 12.3. The molecular formula is C38H45FN4O3. The zero-order valence-electron chi connectivity index (χ0n) is 26.9. The maximum absolute atomic E-state index is 13.9. The minimum absolute atomic E-state index is 0.00959. The van der Waals surface area contributed by atoms with Crippen LogP contribution in [-0.2, 0) is 19.7 Å². The summed E-state index contributed by atoms with van der Waals surface area (Å²) in [5, 5.41) is 3.11. The summed E-state index contributed by atoms with van der Waals surface area (Å²) in [6.07, 6.45) is 2.83. The van der Waals surface area contributed by atoms with Crippen LogP contribution < -0.4 is 11.1 Å². The lowest BCUT2D eigenvalue weighted by Gasteiger charge is -2.43. The smallest absolute Gasteiger partial charge is 0.249 e. The lowest BCUT2D eigenvalue weighted by Crippen LogP contribution is -2.44. The number of benzene rings is 3. The van der Waals surface area contributed by atoms with Crippen LogP contribution in [0.4, 0.5) is 4.39 Å². The molecule has 0 bridgehead atoms. The van der Waals surface area contributed by atoms with Gasteiger partial charge in [0.05, 0.1) is 24.8 Å². The molecule has 7 nitrogen and oxygen atoms in total. The van der Waals surface area contributed by atoms with Crippen LogP contribution in [0.1, 0.15) is 55.7 Å². The number of rotatable bonds is 13. The zero-order valence-corrected chi connectivity index (χ0v) is 26.9. The van der Waals surface area contributed by atoms with Crippen LogP contribution in [0.3, 0.4) is 0 Å². The van der Waals surface area contributed by atoms with Gasteiger partial charge in [0.2, 0.25) is 5.91 Å². The fourth-order valence-electron chi connectivity index (χ4n) is 7.14. The Balaban J connectivity index is 1.27. The highest BCUT2D eigenvalue weighted by atomic mass is 19.1. The lowest BCUT2D eigenvalue weighted by atomic mass is 9.68. The molecule has 1 saturated heterocycles. The Morgan fingerprint density at radius 3 is 2.15 bits per heavy atom. The number of hydrogen-bond acceptors (Lipinski definition) is 6. The Hall–Kier alpha value is -3.98. The molecule has 5 rings (SSSR count). The van der Waals surface area contributed by atoms with E-state index in [2.05, 4.69) is 75.9 Å². The van der Waals surface area contributed by atoms with Crippen molar-refractivity contribution in [1.29, 1.82) is 0 Å². The number of nitrogens with two attached hydrogens (primary N) is 1. The van der Waals surface area contributed by atoms with Crippen LogP contribution in [-0.4, -0.2) is 68.2 Å². The number of ether oxygens (including phenoxy) is 1. The number of aliphatic imine (C=N–C) groups is 1. The molecule has 242 valence electrons. The van der Waals surface area contributed by atoms with Gasteiger partial charge in [-0.25, -0.2) is 4.39 Å². The zero-order chi connectivity index (χ0) is 32.5. The Labute approximate surface area is 271 Å². The number of nitrogens with one attached hydrogen (secondary N) is 1. The maximum Gasteiger partial charge on any atom is 0.249 e. The van der Waals surface area contributed by atoms with Crippen LogP contribution in [0.5, 0.6) is 0 Å². The Morgan fingerprint density at radius 1 is 0.978 bits per heavy atom. The van der Waals surface area contributed by atoms with Crippen LogP contribution in [0.2, 0.25) is 0 Å². The van der Waals surface area contributed by atoms with E-state index < -0.39 is 11.8 Å². The van der Waals surface area contributed by atoms with Gasteiger partial charge in [0, 0.05) is 35.7 Å². The number of amides is 1. The molecule has 3 N–H and O–H groups in total. The SMILES string of the molecule is CC(=O)C1C(C)=NC(COCCN)=C(C(=O)NCCCN2CCC(c3ccccc3)(c3ccccc3)CC2)C1c1ccc(F)cc1. The molecule has 0 radical (unpaired) electrons. The highest BCUT2D eigenvalue weighted by molar-refractivity contribution is 6.09. The van der Waals surface area contributed by atoms with Gasteiger partial charge >= 0.3 is 0 Å². The van der Waals surface area contributed by atoms with Gasteiger partial charge in [-0.3, -0.25) is 14.6 Å².